The van der Waals surface area contributed by atoms with E-state index in [0.717, 1.165) is 26.6 Å². The van der Waals surface area contributed by atoms with Gasteiger partial charge in [0.25, 0.3) is 0 Å². The van der Waals surface area contributed by atoms with Crippen molar-refractivity contribution < 1.29 is 0 Å². The van der Waals surface area contributed by atoms with Crippen LogP contribution in [0.25, 0.3) is 27.0 Å². The summed E-state index contributed by atoms with van der Waals surface area (Å²) in [5, 5.41) is 1.03. The Morgan fingerprint density at radius 2 is 1.79 bits per heavy atom. The van der Waals surface area contributed by atoms with Gasteiger partial charge in [0.2, 0.25) is 0 Å². The van der Waals surface area contributed by atoms with E-state index in [0.29, 0.717) is 0 Å². The molecule has 0 aliphatic carbocycles. The van der Waals surface area contributed by atoms with Crippen LogP contribution in [0.4, 0.5) is 0 Å². The summed E-state index contributed by atoms with van der Waals surface area (Å²) in [6.45, 7) is 4.03. The van der Waals surface area contributed by atoms with E-state index in [2.05, 4.69) is 40.3 Å². The summed E-state index contributed by atoms with van der Waals surface area (Å²) in [6, 6.07) is 12.5. The maximum atomic E-state index is 4.64. The molecular formula is C16H14N2S. The summed E-state index contributed by atoms with van der Waals surface area (Å²) >= 11 is 1.64. The first-order chi connectivity index (χ1) is 9.26. The maximum absolute atomic E-state index is 4.64. The average Bonchev–Trinajstić information content (AvgIpc) is 2.83. The number of hydrogen-bond donors (Lipinski definition) is 0. The van der Waals surface area contributed by atoms with E-state index in [1.807, 2.05) is 32.1 Å². The van der Waals surface area contributed by atoms with Crippen LogP contribution in [-0.4, -0.2) is 9.97 Å². The number of benzene rings is 1. The summed E-state index contributed by atoms with van der Waals surface area (Å²) in [5.41, 5.74) is 4.37. The van der Waals surface area contributed by atoms with E-state index in [1.54, 1.807) is 11.3 Å². The lowest BCUT2D eigenvalue weighted by Gasteiger charge is -1.96. The van der Waals surface area contributed by atoms with Crippen molar-refractivity contribution >= 4 is 27.8 Å². The highest BCUT2D eigenvalue weighted by atomic mass is 32.1. The van der Waals surface area contributed by atoms with Crippen molar-refractivity contribution in [3.8, 4) is 10.6 Å². The zero-order valence-corrected chi connectivity index (χ0v) is 11.7. The van der Waals surface area contributed by atoms with E-state index in [9.17, 15) is 0 Å². The molecule has 0 saturated carbocycles. The molecule has 0 amide bonds. The van der Waals surface area contributed by atoms with Crippen molar-refractivity contribution in [1.29, 1.82) is 0 Å². The number of allylic oxidation sites excluding steroid dienone is 1. The SMILES string of the molecule is C/C=C/c1ccc(-c2nc3ccc(C)nc3s2)cc1. The lowest BCUT2D eigenvalue weighted by atomic mass is 10.1. The van der Waals surface area contributed by atoms with Crippen LogP contribution in [0.5, 0.6) is 0 Å². The van der Waals surface area contributed by atoms with Crippen molar-refractivity contribution in [1.82, 2.24) is 9.97 Å². The molecule has 3 rings (SSSR count). The van der Waals surface area contributed by atoms with E-state index < -0.39 is 0 Å². The van der Waals surface area contributed by atoms with Gasteiger partial charge in [0.05, 0.1) is 0 Å². The fraction of sp³-hybridized carbons (Fsp3) is 0.125. The van der Waals surface area contributed by atoms with Crippen LogP contribution in [-0.2, 0) is 0 Å². The Labute approximate surface area is 116 Å². The number of rotatable bonds is 2. The standard InChI is InChI=1S/C16H14N2S/c1-3-4-12-6-8-13(9-7-12)15-18-14-10-5-11(2)17-16(14)19-15/h3-10H,1-2H3/b4-3+. The molecule has 2 nitrogen and oxygen atoms in total. The number of thiazole rings is 1. The van der Waals surface area contributed by atoms with Gasteiger partial charge in [-0.3, -0.25) is 0 Å². The highest BCUT2D eigenvalue weighted by molar-refractivity contribution is 7.21. The summed E-state index contributed by atoms with van der Waals surface area (Å²) in [5.74, 6) is 0. The second kappa shape index (κ2) is 4.94. The zero-order chi connectivity index (χ0) is 13.2. The number of hydrogen-bond acceptors (Lipinski definition) is 3. The minimum Gasteiger partial charge on any atom is -0.241 e. The van der Waals surface area contributed by atoms with Crippen LogP contribution in [0.1, 0.15) is 18.2 Å². The molecule has 3 aromatic rings. The molecule has 0 N–H and O–H groups in total. The average molecular weight is 266 g/mol. The molecule has 2 heterocycles. The third-order valence-electron chi connectivity index (χ3n) is 2.91. The van der Waals surface area contributed by atoms with E-state index in [4.69, 9.17) is 0 Å². The van der Waals surface area contributed by atoms with Gasteiger partial charge in [-0.1, -0.05) is 47.8 Å². The molecule has 0 saturated heterocycles. The Morgan fingerprint density at radius 3 is 2.53 bits per heavy atom. The van der Waals surface area contributed by atoms with Crippen LogP contribution < -0.4 is 0 Å². The minimum atomic E-state index is 0.975. The molecule has 0 spiro atoms. The smallest absolute Gasteiger partial charge is 0.144 e. The van der Waals surface area contributed by atoms with Crippen LogP contribution in [0.2, 0.25) is 0 Å². The van der Waals surface area contributed by atoms with Crippen LogP contribution in [0, 0.1) is 6.92 Å². The first-order valence-corrected chi connectivity index (χ1v) is 7.05. The minimum absolute atomic E-state index is 0.975. The Balaban J connectivity index is 2.03. The molecule has 2 aromatic heterocycles. The Bertz CT molecular complexity index is 739. The molecule has 19 heavy (non-hydrogen) atoms. The zero-order valence-electron chi connectivity index (χ0n) is 10.9. The van der Waals surface area contributed by atoms with Crippen molar-refractivity contribution in [3.05, 3.63) is 53.7 Å². The Hall–Kier alpha value is -2.00. The number of nitrogens with zero attached hydrogens (tertiary/aromatic N) is 2. The molecule has 0 fully saturated rings. The third kappa shape index (κ3) is 2.42. The second-order valence-electron chi connectivity index (χ2n) is 4.42. The lowest BCUT2D eigenvalue weighted by Crippen LogP contribution is -1.78. The van der Waals surface area contributed by atoms with Gasteiger partial charge in [0.15, 0.2) is 0 Å². The summed E-state index contributed by atoms with van der Waals surface area (Å²) in [7, 11) is 0. The Morgan fingerprint density at radius 1 is 1.00 bits per heavy atom. The molecule has 0 unspecified atom stereocenters. The predicted octanol–water partition coefficient (Wildman–Crippen LogP) is 4.70. The van der Waals surface area contributed by atoms with Crippen molar-refractivity contribution in [2.45, 2.75) is 13.8 Å². The summed E-state index contributed by atoms with van der Waals surface area (Å²) in [4.78, 5) is 10.2. The molecule has 0 bridgehead atoms. The topological polar surface area (TPSA) is 25.8 Å². The van der Waals surface area contributed by atoms with Gasteiger partial charge in [0, 0.05) is 11.3 Å². The normalized spacial score (nSPS) is 11.5. The van der Waals surface area contributed by atoms with Gasteiger partial charge >= 0.3 is 0 Å². The second-order valence-corrected chi connectivity index (χ2v) is 5.40. The van der Waals surface area contributed by atoms with Gasteiger partial charge < -0.3 is 0 Å². The number of aromatic nitrogens is 2. The highest BCUT2D eigenvalue weighted by Crippen LogP contribution is 2.29. The Kier molecular flexibility index (Phi) is 3.13. The van der Waals surface area contributed by atoms with Crippen molar-refractivity contribution in [3.63, 3.8) is 0 Å². The maximum Gasteiger partial charge on any atom is 0.144 e. The summed E-state index contributed by atoms with van der Waals surface area (Å²) in [6.07, 6.45) is 4.13. The largest absolute Gasteiger partial charge is 0.241 e. The van der Waals surface area contributed by atoms with Gasteiger partial charge in [-0.2, -0.15) is 0 Å². The fourth-order valence-electron chi connectivity index (χ4n) is 1.96. The number of aryl methyl sites for hydroxylation is 1. The summed E-state index contributed by atoms with van der Waals surface area (Å²) < 4.78 is 0. The molecule has 1 aromatic carbocycles. The fourth-order valence-corrected chi connectivity index (χ4v) is 2.95. The van der Waals surface area contributed by atoms with Gasteiger partial charge in [-0.05, 0) is 31.5 Å². The monoisotopic (exact) mass is 266 g/mol. The van der Waals surface area contributed by atoms with E-state index in [1.165, 1.54) is 5.56 Å². The number of fused-ring (bicyclic) bond motifs is 1. The van der Waals surface area contributed by atoms with Crippen molar-refractivity contribution in [2.24, 2.45) is 0 Å². The molecule has 3 heteroatoms. The third-order valence-corrected chi connectivity index (χ3v) is 3.93. The van der Waals surface area contributed by atoms with Crippen molar-refractivity contribution in [2.75, 3.05) is 0 Å². The van der Waals surface area contributed by atoms with Gasteiger partial charge in [-0.15, -0.1) is 0 Å². The van der Waals surface area contributed by atoms with Gasteiger partial charge in [-0.25, -0.2) is 9.97 Å². The molecule has 94 valence electrons. The molecular weight excluding hydrogens is 252 g/mol. The van der Waals surface area contributed by atoms with Crippen LogP contribution >= 0.6 is 11.3 Å². The van der Waals surface area contributed by atoms with Gasteiger partial charge in [0.1, 0.15) is 15.4 Å². The first-order valence-electron chi connectivity index (χ1n) is 6.23. The molecule has 0 atom stereocenters. The first kappa shape index (κ1) is 12.1. The number of pyridine rings is 1. The molecule has 0 radical (unpaired) electrons. The van der Waals surface area contributed by atoms with Crippen LogP contribution in [0.3, 0.4) is 0 Å². The molecule has 0 aliphatic rings. The molecule has 0 aliphatic heterocycles. The van der Waals surface area contributed by atoms with E-state index >= 15 is 0 Å². The lowest BCUT2D eigenvalue weighted by molar-refractivity contribution is 1.26. The van der Waals surface area contributed by atoms with E-state index in [-0.39, 0.29) is 0 Å². The predicted molar refractivity (Wildman–Crippen MR) is 82.3 cm³/mol. The van der Waals surface area contributed by atoms with Crippen LogP contribution in [0.15, 0.2) is 42.5 Å². The highest BCUT2D eigenvalue weighted by Gasteiger charge is 2.07. The quantitative estimate of drug-likeness (QED) is 0.672.